The molecule has 2 rings (SSSR count). The summed E-state index contributed by atoms with van der Waals surface area (Å²) in [5, 5.41) is 6.93. The second-order valence-electron chi connectivity index (χ2n) is 4.06. The third-order valence-corrected chi connectivity index (χ3v) is 2.11. The SMILES string of the molecule is CNc1nc(CC(C)C)nc(-n2cncn2)n1. The molecular weight excluding hydrogens is 218 g/mol. The molecule has 0 bridgehead atoms. The molecule has 0 spiro atoms. The third-order valence-electron chi connectivity index (χ3n) is 2.11. The van der Waals surface area contributed by atoms with Crippen molar-refractivity contribution >= 4 is 5.95 Å². The van der Waals surface area contributed by atoms with Crippen molar-refractivity contribution in [2.24, 2.45) is 5.92 Å². The molecule has 0 amide bonds. The number of hydrogen-bond acceptors (Lipinski definition) is 6. The number of nitrogens with one attached hydrogen (secondary N) is 1. The maximum atomic E-state index is 4.36. The van der Waals surface area contributed by atoms with Crippen molar-refractivity contribution in [3.8, 4) is 5.95 Å². The average Bonchev–Trinajstić information content (AvgIpc) is 2.81. The van der Waals surface area contributed by atoms with Crippen molar-refractivity contribution in [1.29, 1.82) is 0 Å². The Balaban J connectivity index is 2.38. The van der Waals surface area contributed by atoms with Crippen LogP contribution < -0.4 is 5.32 Å². The van der Waals surface area contributed by atoms with Crippen molar-refractivity contribution in [2.75, 3.05) is 12.4 Å². The van der Waals surface area contributed by atoms with E-state index in [1.54, 1.807) is 13.4 Å². The molecule has 0 saturated carbocycles. The summed E-state index contributed by atoms with van der Waals surface area (Å²) in [6.45, 7) is 4.25. The van der Waals surface area contributed by atoms with Gasteiger partial charge in [0.05, 0.1) is 0 Å². The first-order valence-electron chi connectivity index (χ1n) is 5.46. The predicted molar refractivity (Wildman–Crippen MR) is 62.8 cm³/mol. The van der Waals surface area contributed by atoms with Crippen LogP contribution in [0.3, 0.4) is 0 Å². The molecule has 2 heterocycles. The molecule has 0 unspecified atom stereocenters. The maximum Gasteiger partial charge on any atom is 0.257 e. The highest BCUT2D eigenvalue weighted by Crippen LogP contribution is 2.08. The number of nitrogens with zero attached hydrogens (tertiary/aromatic N) is 6. The summed E-state index contributed by atoms with van der Waals surface area (Å²) < 4.78 is 1.52. The summed E-state index contributed by atoms with van der Waals surface area (Å²) in [6, 6.07) is 0. The lowest BCUT2D eigenvalue weighted by Gasteiger charge is -2.07. The summed E-state index contributed by atoms with van der Waals surface area (Å²) in [5.41, 5.74) is 0. The van der Waals surface area contributed by atoms with Gasteiger partial charge >= 0.3 is 0 Å². The highest BCUT2D eigenvalue weighted by molar-refractivity contribution is 5.27. The van der Waals surface area contributed by atoms with Gasteiger partial charge in [-0.05, 0) is 5.92 Å². The van der Waals surface area contributed by atoms with E-state index in [1.807, 2.05) is 0 Å². The summed E-state index contributed by atoms with van der Waals surface area (Å²) >= 11 is 0. The van der Waals surface area contributed by atoms with Crippen molar-refractivity contribution in [3.05, 3.63) is 18.5 Å². The van der Waals surface area contributed by atoms with Crippen molar-refractivity contribution in [2.45, 2.75) is 20.3 Å². The van der Waals surface area contributed by atoms with Crippen LogP contribution in [-0.4, -0.2) is 36.8 Å². The maximum absolute atomic E-state index is 4.36. The zero-order valence-electron chi connectivity index (χ0n) is 10.1. The number of hydrogen-bond donors (Lipinski definition) is 1. The fraction of sp³-hybridized carbons (Fsp3) is 0.500. The van der Waals surface area contributed by atoms with E-state index in [9.17, 15) is 0 Å². The largest absolute Gasteiger partial charge is 0.357 e. The van der Waals surface area contributed by atoms with Gasteiger partial charge in [-0.15, -0.1) is 0 Å². The first kappa shape index (κ1) is 11.4. The second-order valence-corrected chi connectivity index (χ2v) is 4.06. The van der Waals surface area contributed by atoms with E-state index in [1.165, 1.54) is 11.0 Å². The van der Waals surface area contributed by atoms with E-state index in [2.05, 4.69) is 44.2 Å². The van der Waals surface area contributed by atoms with Gasteiger partial charge in [0, 0.05) is 13.5 Å². The lowest BCUT2D eigenvalue weighted by molar-refractivity contribution is 0.613. The van der Waals surface area contributed by atoms with Gasteiger partial charge in [-0.2, -0.15) is 24.7 Å². The predicted octanol–water partition coefficient (Wildman–Crippen LogP) is 0.692. The lowest BCUT2D eigenvalue weighted by Crippen LogP contribution is -2.11. The van der Waals surface area contributed by atoms with Crippen LogP contribution >= 0.6 is 0 Å². The Morgan fingerprint density at radius 3 is 2.71 bits per heavy atom. The molecule has 0 radical (unpaired) electrons. The van der Waals surface area contributed by atoms with E-state index in [4.69, 9.17) is 0 Å². The Hall–Kier alpha value is -2.05. The van der Waals surface area contributed by atoms with E-state index < -0.39 is 0 Å². The number of anilines is 1. The molecule has 2 aromatic rings. The van der Waals surface area contributed by atoms with Gasteiger partial charge < -0.3 is 5.32 Å². The minimum Gasteiger partial charge on any atom is -0.357 e. The van der Waals surface area contributed by atoms with Gasteiger partial charge in [0.15, 0.2) is 0 Å². The van der Waals surface area contributed by atoms with Crippen LogP contribution in [0.2, 0.25) is 0 Å². The van der Waals surface area contributed by atoms with Gasteiger partial charge in [0.2, 0.25) is 5.95 Å². The summed E-state index contributed by atoms with van der Waals surface area (Å²) in [7, 11) is 1.78. The van der Waals surface area contributed by atoms with Gasteiger partial charge in [-0.3, -0.25) is 0 Å². The van der Waals surface area contributed by atoms with Crippen LogP contribution in [0.15, 0.2) is 12.7 Å². The van der Waals surface area contributed by atoms with Gasteiger partial charge in [0.1, 0.15) is 18.5 Å². The van der Waals surface area contributed by atoms with E-state index in [0.717, 1.165) is 12.2 Å². The first-order chi connectivity index (χ1) is 8.19. The van der Waals surface area contributed by atoms with Crippen LogP contribution in [-0.2, 0) is 6.42 Å². The van der Waals surface area contributed by atoms with E-state index in [0.29, 0.717) is 17.8 Å². The molecule has 0 fully saturated rings. The van der Waals surface area contributed by atoms with Crippen LogP contribution in [0.4, 0.5) is 5.95 Å². The van der Waals surface area contributed by atoms with Crippen LogP contribution in [0.5, 0.6) is 0 Å². The smallest absolute Gasteiger partial charge is 0.257 e. The Bertz CT molecular complexity index is 477. The minimum atomic E-state index is 0.484. The zero-order chi connectivity index (χ0) is 12.3. The van der Waals surface area contributed by atoms with Crippen LogP contribution in [0.1, 0.15) is 19.7 Å². The lowest BCUT2D eigenvalue weighted by atomic mass is 10.1. The van der Waals surface area contributed by atoms with E-state index >= 15 is 0 Å². The topological polar surface area (TPSA) is 81.4 Å². The number of rotatable bonds is 4. The highest BCUT2D eigenvalue weighted by atomic mass is 15.4. The molecule has 0 saturated heterocycles. The Kier molecular flexibility index (Phi) is 3.27. The molecule has 17 heavy (non-hydrogen) atoms. The third kappa shape index (κ3) is 2.74. The average molecular weight is 233 g/mol. The Morgan fingerprint density at radius 1 is 1.29 bits per heavy atom. The highest BCUT2D eigenvalue weighted by Gasteiger charge is 2.09. The molecule has 2 aromatic heterocycles. The fourth-order valence-corrected chi connectivity index (χ4v) is 1.39. The normalized spacial score (nSPS) is 10.8. The molecule has 0 aromatic carbocycles. The van der Waals surface area contributed by atoms with Crippen LogP contribution in [0.25, 0.3) is 5.95 Å². The Labute approximate surface area is 99.3 Å². The zero-order valence-corrected chi connectivity index (χ0v) is 10.1. The molecule has 0 aliphatic carbocycles. The van der Waals surface area contributed by atoms with Crippen molar-refractivity contribution in [3.63, 3.8) is 0 Å². The van der Waals surface area contributed by atoms with Gasteiger partial charge in [-0.1, -0.05) is 13.8 Å². The summed E-state index contributed by atoms with van der Waals surface area (Å²) in [5.74, 6) is 2.27. The van der Waals surface area contributed by atoms with Gasteiger partial charge in [-0.25, -0.2) is 4.98 Å². The summed E-state index contributed by atoms with van der Waals surface area (Å²) in [6.07, 6.45) is 3.82. The van der Waals surface area contributed by atoms with Crippen LogP contribution in [0, 0.1) is 5.92 Å². The molecule has 7 nitrogen and oxygen atoms in total. The molecule has 0 aliphatic heterocycles. The van der Waals surface area contributed by atoms with E-state index in [-0.39, 0.29) is 0 Å². The Morgan fingerprint density at radius 2 is 2.12 bits per heavy atom. The van der Waals surface area contributed by atoms with Crippen molar-refractivity contribution in [1.82, 2.24) is 29.7 Å². The standard InChI is InChI=1S/C10H15N7/c1-7(2)4-8-14-9(11-3)16-10(15-8)17-6-12-5-13-17/h5-7H,4H2,1-3H3,(H,11,14,15,16). The summed E-state index contributed by atoms with van der Waals surface area (Å²) in [4.78, 5) is 16.8. The monoisotopic (exact) mass is 233 g/mol. The molecule has 1 N–H and O–H groups in total. The first-order valence-corrected chi connectivity index (χ1v) is 5.46. The second kappa shape index (κ2) is 4.86. The molecular formula is C10H15N7. The number of aromatic nitrogens is 6. The molecule has 90 valence electrons. The molecule has 7 heteroatoms. The molecule has 0 atom stereocenters. The quantitative estimate of drug-likeness (QED) is 0.836. The molecule has 0 aliphatic rings. The van der Waals surface area contributed by atoms with Crippen molar-refractivity contribution < 1.29 is 0 Å². The van der Waals surface area contributed by atoms with Gasteiger partial charge in [0.25, 0.3) is 5.95 Å². The fourth-order valence-electron chi connectivity index (χ4n) is 1.39. The minimum absolute atomic E-state index is 0.484.